The Morgan fingerprint density at radius 1 is 1.33 bits per heavy atom. The largest absolute Gasteiger partial charge is 0.481 e. The number of hydrogen-bond acceptors (Lipinski definition) is 2. The van der Waals surface area contributed by atoms with E-state index < -0.39 is 29.5 Å². The van der Waals surface area contributed by atoms with Crippen LogP contribution in [0.5, 0.6) is 0 Å². The molecule has 7 heteroatoms. The summed E-state index contributed by atoms with van der Waals surface area (Å²) in [7, 11) is 0. The van der Waals surface area contributed by atoms with Crippen LogP contribution < -0.4 is 0 Å². The van der Waals surface area contributed by atoms with Gasteiger partial charge in [-0.2, -0.15) is 13.2 Å². The molecular formula is C14H12F3NO3. The number of likely N-dealkylation sites (tertiary alicyclic amines) is 1. The zero-order chi connectivity index (χ0) is 15.4. The van der Waals surface area contributed by atoms with E-state index in [4.69, 9.17) is 5.11 Å². The Bertz CT molecular complexity index is 614. The van der Waals surface area contributed by atoms with Crippen molar-refractivity contribution in [1.29, 1.82) is 0 Å². The van der Waals surface area contributed by atoms with Crippen molar-refractivity contribution in [1.82, 2.24) is 4.90 Å². The van der Waals surface area contributed by atoms with Gasteiger partial charge < -0.3 is 10.0 Å². The first-order valence-electron chi connectivity index (χ1n) is 6.47. The summed E-state index contributed by atoms with van der Waals surface area (Å²) in [5, 5.41) is 8.88. The zero-order valence-corrected chi connectivity index (χ0v) is 10.8. The average Bonchev–Trinajstić information content (AvgIpc) is 3.02. The third-order valence-electron chi connectivity index (χ3n) is 4.17. The SMILES string of the molecule is O=C(O)C1C2CN(Cc3ccccc3C(F)(F)F)C(=O)C21. The van der Waals surface area contributed by atoms with Crippen molar-refractivity contribution in [3.8, 4) is 0 Å². The van der Waals surface area contributed by atoms with Crippen LogP contribution in [0.15, 0.2) is 24.3 Å². The van der Waals surface area contributed by atoms with Crippen molar-refractivity contribution in [3.05, 3.63) is 35.4 Å². The van der Waals surface area contributed by atoms with Crippen LogP contribution in [0.1, 0.15) is 11.1 Å². The molecule has 1 aromatic carbocycles. The van der Waals surface area contributed by atoms with Gasteiger partial charge in [-0.25, -0.2) is 0 Å². The van der Waals surface area contributed by atoms with Gasteiger partial charge in [0, 0.05) is 19.0 Å². The van der Waals surface area contributed by atoms with E-state index in [-0.39, 0.29) is 30.5 Å². The zero-order valence-electron chi connectivity index (χ0n) is 10.8. The molecule has 1 saturated carbocycles. The third kappa shape index (κ3) is 2.26. The minimum absolute atomic E-state index is 0.0338. The van der Waals surface area contributed by atoms with Gasteiger partial charge >= 0.3 is 12.1 Å². The highest BCUT2D eigenvalue weighted by Gasteiger charge is 2.65. The number of fused-ring (bicyclic) bond motifs is 1. The van der Waals surface area contributed by atoms with E-state index in [1.807, 2.05) is 0 Å². The van der Waals surface area contributed by atoms with E-state index in [9.17, 15) is 22.8 Å². The van der Waals surface area contributed by atoms with Crippen LogP contribution >= 0.6 is 0 Å². The summed E-state index contributed by atoms with van der Waals surface area (Å²) in [6.45, 7) is 0.0838. The second-order valence-electron chi connectivity index (χ2n) is 5.43. The molecule has 1 aliphatic heterocycles. The fourth-order valence-corrected chi connectivity index (χ4v) is 3.11. The maximum Gasteiger partial charge on any atom is 0.416 e. The number of hydrogen-bond donors (Lipinski definition) is 1. The van der Waals surface area contributed by atoms with Crippen LogP contribution in [0, 0.1) is 17.8 Å². The quantitative estimate of drug-likeness (QED) is 0.928. The monoisotopic (exact) mass is 299 g/mol. The number of carboxylic acids is 1. The van der Waals surface area contributed by atoms with Crippen LogP contribution in [0.2, 0.25) is 0 Å². The summed E-state index contributed by atoms with van der Waals surface area (Å²) in [6, 6.07) is 5.12. The van der Waals surface area contributed by atoms with Crippen molar-refractivity contribution >= 4 is 11.9 Å². The maximum absolute atomic E-state index is 12.9. The van der Waals surface area contributed by atoms with E-state index in [0.29, 0.717) is 0 Å². The number of carboxylic acid groups (broad SMARTS) is 1. The summed E-state index contributed by atoms with van der Waals surface area (Å²) >= 11 is 0. The van der Waals surface area contributed by atoms with Gasteiger partial charge in [0.15, 0.2) is 0 Å². The molecule has 3 rings (SSSR count). The number of carbonyl (C=O) groups is 2. The summed E-state index contributed by atoms with van der Waals surface area (Å²) in [5.74, 6) is -2.83. The number of nitrogens with zero attached hydrogens (tertiary/aromatic N) is 1. The Labute approximate surface area is 118 Å². The van der Waals surface area contributed by atoms with Gasteiger partial charge in [-0.15, -0.1) is 0 Å². The molecule has 4 nitrogen and oxygen atoms in total. The molecule has 21 heavy (non-hydrogen) atoms. The van der Waals surface area contributed by atoms with Crippen molar-refractivity contribution in [2.24, 2.45) is 17.8 Å². The maximum atomic E-state index is 12.9. The van der Waals surface area contributed by atoms with E-state index in [0.717, 1.165) is 6.07 Å². The molecule has 0 bridgehead atoms. The molecule has 3 unspecified atom stereocenters. The number of alkyl halides is 3. The van der Waals surface area contributed by atoms with E-state index in [2.05, 4.69) is 0 Å². The second kappa shape index (κ2) is 4.47. The summed E-state index contributed by atoms with van der Waals surface area (Å²) in [6.07, 6.45) is -4.47. The van der Waals surface area contributed by atoms with E-state index in [1.165, 1.54) is 23.1 Å². The molecule has 1 N–H and O–H groups in total. The van der Waals surface area contributed by atoms with Gasteiger partial charge in [-0.1, -0.05) is 18.2 Å². The summed E-state index contributed by atoms with van der Waals surface area (Å²) in [5.41, 5.74) is -0.723. The minimum atomic E-state index is -4.47. The fraction of sp³-hybridized carbons (Fsp3) is 0.429. The van der Waals surface area contributed by atoms with E-state index >= 15 is 0 Å². The fourth-order valence-electron chi connectivity index (χ4n) is 3.11. The first kappa shape index (κ1) is 13.9. The average molecular weight is 299 g/mol. The van der Waals surface area contributed by atoms with Gasteiger partial charge in [0.2, 0.25) is 5.91 Å². The molecule has 1 aromatic rings. The second-order valence-corrected chi connectivity index (χ2v) is 5.43. The first-order chi connectivity index (χ1) is 9.80. The molecule has 0 spiro atoms. The molecule has 1 saturated heterocycles. The van der Waals surface area contributed by atoms with Crippen LogP contribution in [0.3, 0.4) is 0 Å². The topological polar surface area (TPSA) is 57.6 Å². The molecule has 112 valence electrons. The number of amides is 1. The standard InChI is InChI=1S/C14H12F3NO3/c15-14(16,17)9-4-2-1-3-7(9)5-18-6-8-10(12(18)19)11(8)13(20)21/h1-4,8,10-11H,5-6H2,(H,20,21). The lowest BCUT2D eigenvalue weighted by molar-refractivity contribution is -0.143. The minimum Gasteiger partial charge on any atom is -0.481 e. The molecule has 2 fully saturated rings. The Morgan fingerprint density at radius 3 is 2.52 bits per heavy atom. The number of piperidine rings is 1. The van der Waals surface area contributed by atoms with Crippen molar-refractivity contribution in [3.63, 3.8) is 0 Å². The highest BCUT2D eigenvalue weighted by atomic mass is 19.4. The number of rotatable bonds is 3. The molecule has 2 aliphatic rings. The molecule has 1 amide bonds. The third-order valence-corrected chi connectivity index (χ3v) is 4.17. The summed E-state index contributed by atoms with van der Waals surface area (Å²) in [4.78, 5) is 24.2. The van der Waals surface area contributed by atoms with Crippen LogP contribution in [-0.2, 0) is 22.3 Å². The first-order valence-corrected chi connectivity index (χ1v) is 6.47. The van der Waals surface area contributed by atoms with Crippen molar-refractivity contribution < 1.29 is 27.9 Å². The molecule has 1 aliphatic carbocycles. The smallest absolute Gasteiger partial charge is 0.416 e. The molecule has 0 radical (unpaired) electrons. The Morgan fingerprint density at radius 2 is 2.00 bits per heavy atom. The van der Waals surface area contributed by atoms with Crippen molar-refractivity contribution in [2.75, 3.05) is 6.54 Å². The lowest BCUT2D eigenvalue weighted by Crippen LogP contribution is -2.31. The molecule has 1 heterocycles. The van der Waals surface area contributed by atoms with Gasteiger partial charge in [0.25, 0.3) is 0 Å². The number of benzene rings is 1. The van der Waals surface area contributed by atoms with Crippen LogP contribution in [0.25, 0.3) is 0 Å². The predicted octanol–water partition coefficient (Wildman–Crippen LogP) is 1.99. The van der Waals surface area contributed by atoms with Crippen LogP contribution in [0.4, 0.5) is 13.2 Å². The Kier molecular flexibility index (Phi) is 2.96. The van der Waals surface area contributed by atoms with Crippen LogP contribution in [-0.4, -0.2) is 28.4 Å². The Hall–Kier alpha value is -2.05. The molecular weight excluding hydrogens is 287 g/mol. The molecule has 3 atom stereocenters. The van der Waals surface area contributed by atoms with Gasteiger partial charge in [-0.05, 0) is 11.6 Å². The summed E-state index contributed by atoms with van der Waals surface area (Å²) < 4.78 is 38.7. The highest BCUT2D eigenvalue weighted by Crippen LogP contribution is 2.53. The highest BCUT2D eigenvalue weighted by molar-refractivity contribution is 5.93. The van der Waals surface area contributed by atoms with Gasteiger partial charge in [0.1, 0.15) is 0 Å². The lowest BCUT2D eigenvalue weighted by atomic mass is 10.1. The number of aliphatic carboxylic acids is 1. The van der Waals surface area contributed by atoms with E-state index in [1.54, 1.807) is 0 Å². The molecule has 0 aromatic heterocycles. The normalized spacial score (nSPS) is 27.7. The number of carbonyl (C=O) groups excluding carboxylic acids is 1. The predicted molar refractivity (Wildman–Crippen MR) is 65.0 cm³/mol. The van der Waals surface area contributed by atoms with Gasteiger partial charge in [0.05, 0.1) is 17.4 Å². The number of halogens is 3. The lowest BCUT2D eigenvalue weighted by Gasteiger charge is -2.21. The van der Waals surface area contributed by atoms with Gasteiger partial charge in [-0.3, -0.25) is 9.59 Å². The Balaban J connectivity index is 1.76. The van der Waals surface area contributed by atoms with Crippen molar-refractivity contribution in [2.45, 2.75) is 12.7 Å².